The summed E-state index contributed by atoms with van der Waals surface area (Å²) in [7, 11) is -18.0. The van der Waals surface area contributed by atoms with E-state index in [4.69, 9.17) is 4.42 Å². The van der Waals surface area contributed by atoms with Gasteiger partial charge in [0.05, 0.1) is 6.26 Å². The Morgan fingerprint density at radius 3 is 1.21 bits per heavy atom. The number of benzene rings is 1. The highest BCUT2D eigenvalue weighted by Gasteiger charge is 2.21. The standard InChI is InChI=1S/C8H6O.3BF4/c1-2-4-8-7(3-1)5-6-9-8;3*2-1(3,4)5/h1-6H;;;/q;3*-1. The van der Waals surface area contributed by atoms with Crippen molar-refractivity contribution in [2.24, 2.45) is 0 Å². The van der Waals surface area contributed by atoms with Crippen molar-refractivity contribution in [2.75, 3.05) is 0 Å². The van der Waals surface area contributed by atoms with E-state index in [0.29, 0.717) is 0 Å². The summed E-state index contributed by atoms with van der Waals surface area (Å²) in [5.74, 6) is 0. The summed E-state index contributed by atoms with van der Waals surface area (Å²) in [5.41, 5.74) is 0.956. The minimum atomic E-state index is -6.00. The minimum absolute atomic E-state index is 0.956. The molecule has 0 bridgehead atoms. The quantitative estimate of drug-likeness (QED) is 0.385. The van der Waals surface area contributed by atoms with E-state index < -0.39 is 21.8 Å². The van der Waals surface area contributed by atoms with Crippen LogP contribution in [-0.4, -0.2) is 21.8 Å². The van der Waals surface area contributed by atoms with Gasteiger partial charge in [-0.05, 0) is 12.1 Å². The van der Waals surface area contributed by atoms with Crippen LogP contribution in [0.4, 0.5) is 51.8 Å². The number of para-hydroxylation sites is 1. The third kappa shape index (κ3) is 32.2. The Morgan fingerprint density at radius 1 is 0.542 bits per heavy atom. The second-order valence-corrected chi connectivity index (χ2v) is 3.44. The second kappa shape index (κ2) is 10.1. The SMILES string of the molecule is F[B-](F)(F)F.F[B-](F)(F)F.F[B-](F)(F)F.c1ccc2occc2c1. The second-order valence-electron chi connectivity index (χ2n) is 3.44. The zero-order chi connectivity index (χ0) is 19.6. The van der Waals surface area contributed by atoms with Crippen LogP contribution in [0.25, 0.3) is 11.0 Å². The predicted octanol–water partition coefficient (Wildman–Crippen LogP) is 6.33. The Hall–Kier alpha value is -1.89. The summed E-state index contributed by atoms with van der Waals surface area (Å²) in [4.78, 5) is 0. The van der Waals surface area contributed by atoms with Gasteiger partial charge < -0.3 is 56.2 Å². The van der Waals surface area contributed by atoms with Gasteiger partial charge in [-0.3, -0.25) is 0 Å². The van der Waals surface area contributed by atoms with Crippen molar-refractivity contribution < 1.29 is 56.2 Å². The highest BCUT2D eigenvalue weighted by Crippen LogP contribution is 2.12. The number of rotatable bonds is 0. The molecule has 16 heteroatoms. The minimum Gasteiger partial charge on any atom is -0.464 e. The summed E-state index contributed by atoms with van der Waals surface area (Å²) in [6.45, 7) is 0. The molecule has 2 rings (SSSR count). The molecule has 0 aliphatic carbocycles. The van der Waals surface area contributed by atoms with E-state index in [1.807, 2.05) is 30.3 Å². The van der Waals surface area contributed by atoms with E-state index in [1.165, 1.54) is 0 Å². The van der Waals surface area contributed by atoms with Crippen molar-refractivity contribution >= 4 is 32.7 Å². The van der Waals surface area contributed by atoms with Crippen molar-refractivity contribution in [1.82, 2.24) is 0 Å². The highest BCUT2D eigenvalue weighted by molar-refractivity contribution is 6.50. The molecule has 0 saturated carbocycles. The molecule has 1 aromatic carbocycles. The average Bonchev–Trinajstić information content (AvgIpc) is 2.69. The lowest BCUT2D eigenvalue weighted by atomic mass is 10.3. The fourth-order valence-electron chi connectivity index (χ4n) is 0.906. The van der Waals surface area contributed by atoms with Crippen LogP contribution < -0.4 is 0 Å². The van der Waals surface area contributed by atoms with Gasteiger partial charge in [0.15, 0.2) is 0 Å². The van der Waals surface area contributed by atoms with Gasteiger partial charge in [-0.15, -0.1) is 0 Å². The molecule has 0 aliphatic rings. The average molecular weight is 379 g/mol. The topological polar surface area (TPSA) is 13.1 Å². The van der Waals surface area contributed by atoms with Crippen molar-refractivity contribution in [3.63, 3.8) is 0 Å². The largest absolute Gasteiger partial charge is 0.673 e. The van der Waals surface area contributed by atoms with E-state index in [2.05, 4.69) is 0 Å². The van der Waals surface area contributed by atoms with Gasteiger partial charge in [-0.25, -0.2) is 0 Å². The van der Waals surface area contributed by atoms with E-state index in [-0.39, 0.29) is 0 Å². The maximum atomic E-state index is 9.75. The number of furan rings is 1. The molecule has 0 saturated heterocycles. The summed E-state index contributed by atoms with van der Waals surface area (Å²) in [6.07, 6.45) is 1.70. The lowest BCUT2D eigenvalue weighted by molar-refractivity contribution is 0.366. The summed E-state index contributed by atoms with van der Waals surface area (Å²) >= 11 is 0. The molecule has 140 valence electrons. The van der Waals surface area contributed by atoms with E-state index in [1.54, 1.807) is 6.26 Å². The Labute approximate surface area is 126 Å². The zero-order valence-corrected chi connectivity index (χ0v) is 11.1. The van der Waals surface area contributed by atoms with Crippen LogP contribution in [0.15, 0.2) is 41.0 Å². The molecule has 1 nitrogen and oxygen atoms in total. The predicted molar refractivity (Wildman–Crippen MR) is 66.8 cm³/mol. The molecule has 0 amide bonds. The highest BCUT2D eigenvalue weighted by atomic mass is 19.5. The van der Waals surface area contributed by atoms with Crippen molar-refractivity contribution in [1.29, 1.82) is 0 Å². The molecule has 0 unspecified atom stereocenters. The van der Waals surface area contributed by atoms with E-state index in [0.717, 1.165) is 11.0 Å². The maximum absolute atomic E-state index is 9.75. The van der Waals surface area contributed by atoms with Gasteiger partial charge >= 0.3 is 21.8 Å². The molecule has 24 heavy (non-hydrogen) atoms. The van der Waals surface area contributed by atoms with E-state index >= 15 is 0 Å². The molecule has 0 fully saturated rings. The van der Waals surface area contributed by atoms with E-state index in [9.17, 15) is 51.8 Å². The zero-order valence-electron chi connectivity index (χ0n) is 11.1. The molecular formula is C8H6B3F12O-3. The van der Waals surface area contributed by atoms with Crippen LogP contribution in [0.1, 0.15) is 0 Å². The van der Waals surface area contributed by atoms with Crippen molar-refractivity contribution in [3.8, 4) is 0 Å². The van der Waals surface area contributed by atoms with Crippen LogP contribution in [0.3, 0.4) is 0 Å². The number of fused-ring (bicyclic) bond motifs is 1. The third-order valence-electron chi connectivity index (χ3n) is 1.36. The normalized spacial score (nSPS) is 11.3. The van der Waals surface area contributed by atoms with Gasteiger partial charge in [0.25, 0.3) is 0 Å². The summed E-state index contributed by atoms with van der Waals surface area (Å²) in [5, 5.41) is 1.16. The third-order valence-corrected chi connectivity index (χ3v) is 1.36. The van der Waals surface area contributed by atoms with Crippen molar-refractivity contribution in [3.05, 3.63) is 36.6 Å². The Morgan fingerprint density at radius 2 is 0.875 bits per heavy atom. The molecule has 0 radical (unpaired) electrons. The first-order valence-corrected chi connectivity index (χ1v) is 5.51. The number of hydrogen-bond donors (Lipinski definition) is 0. The maximum Gasteiger partial charge on any atom is 0.673 e. The number of halogens is 12. The molecular weight excluding hydrogens is 372 g/mol. The monoisotopic (exact) mass is 379 g/mol. The Balaban J connectivity index is 0. The van der Waals surface area contributed by atoms with Crippen LogP contribution in [0, 0.1) is 0 Å². The van der Waals surface area contributed by atoms with Crippen LogP contribution in [0.5, 0.6) is 0 Å². The van der Waals surface area contributed by atoms with Crippen LogP contribution in [0.2, 0.25) is 0 Å². The lowest BCUT2D eigenvalue weighted by Gasteiger charge is -1.94. The smallest absolute Gasteiger partial charge is 0.464 e. The van der Waals surface area contributed by atoms with Gasteiger partial charge in [-0.2, -0.15) is 0 Å². The first-order chi connectivity index (χ1) is 10.5. The molecule has 1 heterocycles. The summed E-state index contributed by atoms with van der Waals surface area (Å²) in [6, 6.07) is 9.90. The van der Waals surface area contributed by atoms with Crippen LogP contribution in [-0.2, 0) is 0 Å². The first-order valence-electron chi connectivity index (χ1n) is 5.51. The first kappa shape index (κ1) is 24.4. The molecule has 1 aromatic heterocycles. The molecule has 0 spiro atoms. The summed E-state index contributed by atoms with van der Waals surface area (Å²) < 4.78 is 122. The number of hydrogen-bond acceptors (Lipinski definition) is 1. The fourth-order valence-corrected chi connectivity index (χ4v) is 0.906. The van der Waals surface area contributed by atoms with Gasteiger partial charge in [0.1, 0.15) is 5.58 Å². The fraction of sp³-hybridized carbons (Fsp3) is 0. The van der Waals surface area contributed by atoms with Gasteiger partial charge in [-0.1, -0.05) is 18.2 Å². The molecule has 0 atom stereocenters. The Kier molecular flexibility index (Phi) is 10.2. The van der Waals surface area contributed by atoms with Gasteiger partial charge in [0, 0.05) is 5.39 Å². The van der Waals surface area contributed by atoms with Gasteiger partial charge in [0.2, 0.25) is 0 Å². The molecule has 2 aromatic rings. The Bertz CT molecular complexity index is 483. The van der Waals surface area contributed by atoms with Crippen LogP contribution >= 0.6 is 0 Å². The van der Waals surface area contributed by atoms with Crippen molar-refractivity contribution in [2.45, 2.75) is 0 Å². The molecule has 0 aliphatic heterocycles. The lowest BCUT2D eigenvalue weighted by Crippen LogP contribution is -2.02. The molecule has 0 N–H and O–H groups in total.